The van der Waals surface area contributed by atoms with Gasteiger partial charge in [-0.15, -0.1) is 0 Å². The number of likely N-dealkylation sites (tertiary alicyclic amines) is 1. The Hall–Kier alpha value is -2.28. The molecule has 7 nitrogen and oxygen atoms in total. The van der Waals surface area contributed by atoms with Crippen molar-refractivity contribution in [2.75, 3.05) is 25.0 Å². The first kappa shape index (κ1) is 19.1. The summed E-state index contributed by atoms with van der Waals surface area (Å²) < 4.78 is 5.93. The number of rotatable bonds is 5. The Bertz CT molecular complexity index is 717. The fraction of sp³-hybridized carbons (Fsp3) is 0.619. The van der Waals surface area contributed by atoms with E-state index in [4.69, 9.17) is 9.73 Å². The number of guanidine groups is 1. The summed E-state index contributed by atoms with van der Waals surface area (Å²) in [6.45, 7) is 5.15. The van der Waals surface area contributed by atoms with Crippen molar-refractivity contribution in [1.82, 2.24) is 15.5 Å². The Morgan fingerprint density at radius 1 is 1.29 bits per heavy atom. The van der Waals surface area contributed by atoms with Gasteiger partial charge in [-0.05, 0) is 56.7 Å². The molecule has 0 aliphatic carbocycles. The number of anilines is 1. The predicted octanol–water partition coefficient (Wildman–Crippen LogP) is 2.69. The molecule has 3 saturated heterocycles. The van der Waals surface area contributed by atoms with E-state index in [1.165, 1.54) is 6.42 Å². The highest BCUT2D eigenvalue weighted by Gasteiger charge is 2.41. The highest BCUT2D eigenvalue weighted by molar-refractivity contribution is 5.89. The fourth-order valence-corrected chi connectivity index (χ4v) is 4.33. The molecule has 2 bridgehead atoms. The van der Waals surface area contributed by atoms with Crippen LogP contribution in [0.3, 0.4) is 0 Å². The van der Waals surface area contributed by atoms with Crippen molar-refractivity contribution >= 4 is 17.7 Å². The first-order chi connectivity index (χ1) is 13.7. The number of carbonyl (C=O) groups excluding carboxylic acids is 1. The molecule has 152 valence electrons. The van der Waals surface area contributed by atoms with Crippen molar-refractivity contribution in [1.29, 1.82) is 0 Å². The number of nitrogens with zero attached hydrogens (tertiary/aromatic N) is 2. The van der Waals surface area contributed by atoms with Crippen LogP contribution in [0.4, 0.5) is 10.5 Å². The number of ether oxygens (including phenoxy) is 1. The van der Waals surface area contributed by atoms with E-state index in [9.17, 15) is 4.79 Å². The third-order valence-corrected chi connectivity index (χ3v) is 5.76. The van der Waals surface area contributed by atoms with Crippen LogP contribution in [0.15, 0.2) is 29.3 Å². The number of urea groups is 1. The third kappa shape index (κ3) is 4.58. The number of carbonyl (C=O) groups is 1. The molecule has 0 saturated carbocycles. The average Bonchev–Trinajstić information content (AvgIpc) is 3.44. The average molecular weight is 386 g/mol. The zero-order valence-electron chi connectivity index (χ0n) is 16.6. The van der Waals surface area contributed by atoms with Crippen LogP contribution in [0.1, 0.15) is 44.6 Å². The van der Waals surface area contributed by atoms with Crippen LogP contribution >= 0.6 is 0 Å². The van der Waals surface area contributed by atoms with Gasteiger partial charge in [0.05, 0.1) is 24.8 Å². The molecule has 28 heavy (non-hydrogen) atoms. The Morgan fingerprint density at radius 3 is 2.86 bits per heavy atom. The summed E-state index contributed by atoms with van der Waals surface area (Å²) in [7, 11) is 0. The van der Waals surface area contributed by atoms with E-state index >= 15 is 0 Å². The van der Waals surface area contributed by atoms with E-state index in [-0.39, 0.29) is 6.03 Å². The molecule has 0 spiro atoms. The number of hydrogen-bond acceptors (Lipinski definition) is 3. The van der Waals surface area contributed by atoms with Gasteiger partial charge in [0.15, 0.2) is 5.96 Å². The molecule has 3 fully saturated rings. The first-order valence-electron chi connectivity index (χ1n) is 10.6. The number of benzene rings is 1. The van der Waals surface area contributed by atoms with Crippen LogP contribution < -0.4 is 16.0 Å². The van der Waals surface area contributed by atoms with Crippen LogP contribution in [-0.4, -0.2) is 54.8 Å². The topological polar surface area (TPSA) is 78.0 Å². The van der Waals surface area contributed by atoms with Gasteiger partial charge in [0.1, 0.15) is 0 Å². The van der Waals surface area contributed by atoms with Crippen molar-refractivity contribution in [2.24, 2.45) is 4.99 Å². The molecule has 3 N–H and O–H groups in total. The van der Waals surface area contributed by atoms with Crippen LogP contribution in [0.2, 0.25) is 0 Å². The minimum atomic E-state index is -0.00978. The second-order valence-corrected chi connectivity index (χ2v) is 7.88. The van der Waals surface area contributed by atoms with Gasteiger partial charge in [0.25, 0.3) is 0 Å². The van der Waals surface area contributed by atoms with E-state index in [0.717, 1.165) is 62.5 Å². The lowest BCUT2D eigenvalue weighted by atomic mass is 9.96. The van der Waals surface area contributed by atoms with Gasteiger partial charge in [-0.1, -0.05) is 12.1 Å². The molecule has 1 aromatic rings. The van der Waals surface area contributed by atoms with E-state index in [0.29, 0.717) is 24.8 Å². The number of amides is 2. The lowest BCUT2D eigenvalue weighted by Gasteiger charge is -2.22. The molecule has 7 heteroatoms. The highest BCUT2D eigenvalue weighted by atomic mass is 16.5. The Morgan fingerprint density at radius 2 is 2.14 bits per heavy atom. The maximum Gasteiger partial charge on any atom is 0.321 e. The molecule has 0 aromatic heterocycles. The Kier molecular flexibility index (Phi) is 6.00. The van der Waals surface area contributed by atoms with Crippen LogP contribution in [0, 0.1) is 0 Å². The lowest BCUT2D eigenvalue weighted by Crippen LogP contribution is -2.47. The van der Waals surface area contributed by atoms with Crippen molar-refractivity contribution in [3.8, 4) is 0 Å². The molecule has 3 atom stereocenters. The Labute approximate surface area is 166 Å². The van der Waals surface area contributed by atoms with Crippen molar-refractivity contribution in [3.63, 3.8) is 0 Å². The molecular formula is C21H31N5O2. The largest absolute Gasteiger partial charge is 0.373 e. The van der Waals surface area contributed by atoms with E-state index < -0.39 is 0 Å². The number of hydrogen-bond donors (Lipinski definition) is 3. The smallest absolute Gasteiger partial charge is 0.321 e. The summed E-state index contributed by atoms with van der Waals surface area (Å²) in [5.41, 5.74) is 1.89. The summed E-state index contributed by atoms with van der Waals surface area (Å²) in [5, 5.41) is 9.87. The third-order valence-electron chi connectivity index (χ3n) is 5.76. The maximum atomic E-state index is 12.3. The quantitative estimate of drug-likeness (QED) is 0.538. The van der Waals surface area contributed by atoms with E-state index in [1.54, 1.807) is 0 Å². The molecule has 3 aliphatic rings. The summed E-state index contributed by atoms with van der Waals surface area (Å²) in [5.74, 6) is 0.829. The molecular weight excluding hydrogens is 354 g/mol. The predicted molar refractivity (Wildman–Crippen MR) is 111 cm³/mol. The minimum Gasteiger partial charge on any atom is -0.373 e. The molecule has 0 radical (unpaired) electrons. The Balaban J connectivity index is 1.35. The summed E-state index contributed by atoms with van der Waals surface area (Å²) in [6, 6.07) is 8.28. The molecule has 3 unspecified atom stereocenters. The second-order valence-electron chi connectivity index (χ2n) is 7.88. The van der Waals surface area contributed by atoms with Crippen LogP contribution in [0.25, 0.3) is 0 Å². The van der Waals surface area contributed by atoms with Gasteiger partial charge in [-0.2, -0.15) is 0 Å². The summed E-state index contributed by atoms with van der Waals surface area (Å²) in [4.78, 5) is 18.9. The van der Waals surface area contributed by atoms with Gasteiger partial charge >= 0.3 is 6.03 Å². The minimum absolute atomic E-state index is 0.00978. The maximum absolute atomic E-state index is 12.3. The summed E-state index contributed by atoms with van der Waals surface area (Å²) >= 11 is 0. The first-order valence-corrected chi connectivity index (χ1v) is 10.6. The zero-order valence-corrected chi connectivity index (χ0v) is 16.6. The fourth-order valence-electron chi connectivity index (χ4n) is 4.33. The molecule has 2 amide bonds. The van der Waals surface area contributed by atoms with Crippen molar-refractivity contribution in [2.45, 2.75) is 63.8 Å². The van der Waals surface area contributed by atoms with Crippen LogP contribution in [0.5, 0.6) is 0 Å². The van der Waals surface area contributed by atoms with Gasteiger partial charge < -0.3 is 25.6 Å². The molecule has 4 rings (SSSR count). The van der Waals surface area contributed by atoms with Gasteiger partial charge in [-0.3, -0.25) is 0 Å². The standard InChI is InChI=1S/C21H31N5O2/c1-2-22-20(25-18-13-17-8-9-19(18)28-17)23-14-15-6-5-7-16(12-15)24-21(27)26-10-3-4-11-26/h5-7,12,17-19H,2-4,8-11,13-14H2,1H3,(H,24,27)(H2,22,23,25). The van der Waals surface area contributed by atoms with E-state index in [2.05, 4.69) is 22.9 Å². The number of nitrogens with one attached hydrogen (secondary N) is 3. The van der Waals surface area contributed by atoms with Gasteiger partial charge in [-0.25, -0.2) is 9.79 Å². The SMILES string of the molecule is CCNC(=NCc1cccc(NC(=O)N2CCCC2)c1)NC1CC2CCC1O2. The molecule has 1 aromatic carbocycles. The zero-order chi connectivity index (χ0) is 19.3. The summed E-state index contributed by atoms with van der Waals surface area (Å²) in [6.07, 6.45) is 6.31. The van der Waals surface area contributed by atoms with Crippen LogP contribution in [-0.2, 0) is 11.3 Å². The van der Waals surface area contributed by atoms with Crippen molar-refractivity contribution < 1.29 is 9.53 Å². The second kappa shape index (κ2) is 8.82. The molecule has 3 heterocycles. The molecule has 3 aliphatic heterocycles. The van der Waals surface area contributed by atoms with E-state index in [1.807, 2.05) is 29.2 Å². The highest BCUT2D eigenvalue weighted by Crippen LogP contribution is 2.34. The van der Waals surface area contributed by atoms with Gasteiger partial charge in [0.2, 0.25) is 0 Å². The monoisotopic (exact) mass is 385 g/mol. The number of aliphatic imine (C=N–C) groups is 1. The van der Waals surface area contributed by atoms with Crippen molar-refractivity contribution in [3.05, 3.63) is 29.8 Å². The normalized spacial score (nSPS) is 26.5. The number of fused-ring (bicyclic) bond motifs is 2. The van der Waals surface area contributed by atoms with Gasteiger partial charge in [0, 0.05) is 25.3 Å². The lowest BCUT2D eigenvalue weighted by molar-refractivity contribution is 0.0992.